The molecule has 3 N–H and O–H groups in total. The SMILES string of the molecule is CN(C(=O)C(C)(C)C(C)(C)N)c1ccc(C(=O)O)cc1. The fraction of sp³-hybridized carbons (Fsp3) is 0.467. The number of anilines is 1. The molecule has 0 atom stereocenters. The van der Waals surface area contributed by atoms with Gasteiger partial charge in [-0.2, -0.15) is 0 Å². The van der Waals surface area contributed by atoms with E-state index in [0.29, 0.717) is 5.69 Å². The molecule has 1 amide bonds. The summed E-state index contributed by atoms with van der Waals surface area (Å²) in [5, 5.41) is 8.86. The number of hydrogen-bond donors (Lipinski definition) is 2. The lowest BCUT2D eigenvalue weighted by Gasteiger charge is -2.39. The van der Waals surface area contributed by atoms with E-state index in [0.717, 1.165) is 0 Å². The van der Waals surface area contributed by atoms with Crippen molar-refractivity contribution in [2.75, 3.05) is 11.9 Å². The minimum atomic E-state index is -0.992. The van der Waals surface area contributed by atoms with Crippen LogP contribution in [0.4, 0.5) is 5.69 Å². The summed E-state index contributed by atoms with van der Waals surface area (Å²) in [6.07, 6.45) is 0. The molecule has 0 saturated carbocycles. The maximum Gasteiger partial charge on any atom is 0.335 e. The predicted molar refractivity (Wildman–Crippen MR) is 78.9 cm³/mol. The molecule has 0 heterocycles. The van der Waals surface area contributed by atoms with Gasteiger partial charge in [0, 0.05) is 18.3 Å². The van der Waals surface area contributed by atoms with Crippen molar-refractivity contribution in [3.63, 3.8) is 0 Å². The van der Waals surface area contributed by atoms with Crippen molar-refractivity contribution in [2.24, 2.45) is 11.1 Å². The number of rotatable bonds is 4. The van der Waals surface area contributed by atoms with Gasteiger partial charge in [-0.15, -0.1) is 0 Å². The molecule has 0 radical (unpaired) electrons. The minimum absolute atomic E-state index is 0.118. The number of carboxylic acid groups (broad SMARTS) is 1. The second-order valence-corrected chi connectivity index (χ2v) is 6.06. The van der Waals surface area contributed by atoms with Crippen molar-refractivity contribution in [1.29, 1.82) is 0 Å². The number of carbonyl (C=O) groups excluding carboxylic acids is 1. The van der Waals surface area contributed by atoms with Crippen LogP contribution in [0.1, 0.15) is 38.1 Å². The number of benzene rings is 1. The summed E-state index contributed by atoms with van der Waals surface area (Å²) < 4.78 is 0. The van der Waals surface area contributed by atoms with E-state index in [1.54, 1.807) is 33.0 Å². The van der Waals surface area contributed by atoms with Gasteiger partial charge in [-0.05, 0) is 52.0 Å². The maximum absolute atomic E-state index is 12.6. The normalized spacial score (nSPS) is 12.1. The van der Waals surface area contributed by atoms with Crippen molar-refractivity contribution in [2.45, 2.75) is 33.2 Å². The highest BCUT2D eigenvalue weighted by molar-refractivity contribution is 5.98. The number of carbonyl (C=O) groups is 2. The van der Waals surface area contributed by atoms with E-state index in [2.05, 4.69) is 0 Å². The Morgan fingerprint density at radius 2 is 1.55 bits per heavy atom. The molecule has 0 aliphatic rings. The summed E-state index contributed by atoms with van der Waals surface area (Å²) in [5.41, 5.74) is 5.48. The fourth-order valence-electron chi connectivity index (χ4n) is 1.64. The third-order valence-corrected chi connectivity index (χ3v) is 3.95. The smallest absolute Gasteiger partial charge is 0.335 e. The van der Waals surface area contributed by atoms with Crippen molar-refractivity contribution in [3.8, 4) is 0 Å². The van der Waals surface area contributed by atoms with Gasteiger partial charge in [0.05, 0.1) is 11.0 Å². The van der Waals surface area contributed by atoms with Crippen LogP contribution < -0.4 is 10.6 Å². The quantitative estimate of drug-likeness (QED) is 0.883. The van der Waals surface area contributed by atoms with Crippen LogP contribution >= 0.6 is 0 Å². The first-order valence-electron chi connectivity index (χ1n) is 6.39. The lowest BCUT2D eigenvalue weighted by molar-refractivity contribution is -0.129. The Kier molecular flexibility index (Phi) is 4.24. The number of nitrogens with two attached hydrogens (primary N) is 1. The predicted octanol–water partition coefficient (Wildman–Crippen LogP) is 2.11. The van der Waals surface area contributed by atoms with E-state index in [-0.39, 0.29) is 11.5 Å². The lowest BCUT2D eigenvalue weighted by atomic mass is 9.74. The molecule has 0 aromatic heterocycles. The molecule has 1 aromatic rings. The average Bonchev–Trinajstić information content (AvgIpc) is 2.35. The van der Waals surface area contributed by atoms with Gasteiger partial charge in [0.1, 0.15) is 0 Å². The zero-order valence-electron chi connectivity index (χ0n) is 12.6. The van der Waals surface area contributed by atoms with Gasteiger partial charge >= 0.3 is 5.97 Å². The number of amides is 1. The molecule has 20 heavy (non-hydrogen) atoms. The van der Waals surface area contributed by atoms with Crippen LogP contribution in [0.2, 0.25) is 0 Å². The monoisotopic (exact) mass is 278 g/mol. The first-order chi connectivity index (χ1) is 8.98. The molecule has 0 aliphatic carbocycles. The zero-order chi connectivity index (χ0) is 15.7. The number of aromatic carboxylic acids is 1. The van der Waals surface area contributed by atoms with Crippen molar-refractivity contribution in [3.05, 3.63) is 29.8 Å². The van der Waals surface area contributed by atoms with Gasteiger partial charge in [0.2, 0.25) is 5.91 Å². The van der Waals surface area contributed by atoms with Gasteiger partial charge < -0.3 is 15.7 Å². The maximum atomic E-state index is 12.6. The molecule has 0 spiro atoms. The van der Waals surface area contributed by atoms with E-state index >= 15 is 0 Å². The summed E-state index contributed by atoms with van der Waals surface area (Å²) in [4.78, 5) is 24.9. The van der Waals surface area contributed by atoms with Crippen molar-refractivity contribution >= 4 is 17.6 Å². The summed E-state index contributed by atoms with van der Waals surface area (Å²) in [6, 6.07) is 6.17. The van der Waals surface area contributed by atoms with Crippen LogP contribution in [0.5, 0.6) is 0 Å². The molecule has 0 bridgehead atoms. The largest absolute Gasteiger partial charge is 0.478 e. The fourth-order valence-corrected chi connectivity index (χ4v) is 1.64. The van der Waals surface area contributed by atoms with Gasteiger partial charge in [-0.1, -0.05) is 0 Å². The summed E-state index contributed by atoms with van der Waals surface area (Å²) >= 11 is 0. The molecule has 1 rings (SSSR count). The van der Waals surface area contributed by atoms with Crippen molar-refractivity contribution < 1.29 is 14.7 Å². The van der Waals surface area contributed by atoms with Gasteiger partial charge in [-0.25, -0.2) is 4.79 Å². The van der Waals surface area contributed by atoms with Gasteiger partial charge in [0.15, 0.2) is 0 Å². The molecule has 1 aromatic carbocycles. The number of nitrogens with zero attached hydrogens (tertiary/aromatic N) is 1. The third-order valence-electron chi connectivity index (χ3n) is 3.95. The molecular formula is C15H22N2O3. The Bertz CT molecular complexity index is 513. The van der Waals surface area contributed by atoms with Crippen LogP contribution in [0.25, 0.3) is 0 Å². The summed E-state index contributed by atoms with van der Waals surface area (Å²) in [5.74, 6) is -1.11. The van der Waals surface area contributed by atoms with Crippen LogP contribution in [-0.2, 0) is 4.79 Å². The van der Waals surface area contributed by atoms with Gasteiger partial charge in [-0.3, -0.25) is 4.79 Å². The third kappa shape index (κ3) is 2.99. The van der Waals surface area contributed by atoms with E-state index in [1.807, 2.05) is 13.8 Å². The highest BCUT2D eigenvalue weighted by Crippen LogP contribution is 2.31. The Morgan fingerprint density at radius 3 is 1.90 bits per heavy atom. The second-order valence-electron chi connectivity index (χ2n) is 6.06. The Balaban J connectivity index is 3.03. The molecule has 5 nitrogen and oxygen atoms in total. The Labute approximate surface area is 119 Å². The summed E-state index contributed by atoms with van der Waals surface area (Å²) in [7, 11) is 1.66. The average molecular weight is 278 g/mol. The topological polar surface area (TPSA) is 83.6 Å². The standard InChI is InChI=1S/C15H22N2O3/c1-14(2,15(3,4)16)13(20)17(5)11-8-6-10(7-9-11)12(18)19/h6-9H,16H2,1-5H3,(H,18,19). The van der Waals surface area contributed by atoms with E-state index in [4.69, 9.17) is 10.8 Å². The van der Waals surface area contributed by atoms with Crippen LogP contribution in [-0.4, -0.2) is 29.6 Å². The second kappa shape index (κ2) is 5.25. The highest BCUT2D eigenvalue weighted by atomic mass is 16.4. The van der Waals surface area contributed by atoms with E-state index in [9.17, 15) is 9.59 Å². The van der Waals surface area contributed by atoms with Gasteiger partial charge in [0.25, 0.3) is 0 Å². The molecule has 0 unspecified atom stereocenters. The van der Waals surface area contributed by atoms with Crippen LogP contribution in [0.15, 0.2) is 24.3 Å². The molecule has 0 aliphatic heterocycles. The number of hydrogen-bond acceptors (Lipinski definition) is 3. The Hall–Kier alpha value is -1.88. The van der Waals surface area contributed by atoms with Crippen LogP contribution in [0.3, 0.4) is 0 Å². The molecular weight excluding hydrogens is 256 g/mol. The highest BCUT2D eigenvalue weighted by Gasteiger charge is 2.42. The first kappa shape index (κ1) is 16.2. The first-order valence-corrected chi connectivity index (χ1v) is 6.39. The summed E-state index contributed by atoms with van der Waals surface area (Å²) in [6.45, 7) is 7.23. The lowest BCUT2D eigenvalue weighted by Crippen LogP contribution is -2.56. The number of carboxylic acids is 1. The molecule has 0 fully saturated rings. The molecule has 0 saturated heterocycles. The Morgan fingerprint density at radius 1 is 1.10 bits per heavy atom. The van der Waals surface area contributed by atoms with Crippen molar-refractivity contribution in [1.82, 2.24) is 0 Å². The molecule has 5 heteroatoms. The van der Waals surface area contributed by atoms with E-state index < -0.39 is 16.9 Å². The van der Waals surface area contributed by atoms with E-state index in [1.165, 1.54) is 17.0 Å². The molecule has 110 valence electrons. The van der Waals surface area contributed by atoms with Crippen LogP contribution in [0, 0.1) is 5.41 Å². The minimum Gasteiger partial charge on any atom is -0.478 e. The zero-order valence-corrected chi connectivity index (χ0v) is 12.6.